The molecule has 0 aliphatic heterocycles. The van der Waals surface area contributed by atoms with Crippen molar-refractivity contribution >= 4 is 15.9 Å². The fourth-order valence-electron chi connectivity index (χ4n) is 1.81. The van der Waals surface area contributed by atoms with E-state index in [0.717, 1.165) is 10.0 Å². The maximum absolute atomic E-state index is 12.0. The molecule has 0 unspecified atom stereocenters. The van der Waals surface area contributed by atoms with Crippen LogP contribution in [0.4, 0.5) is 0 Å². The second kappa shape index (κ2) is 5.19. The number of nitriles is 1. The van der Waals surface area contributed by atoms with Gasteiger partial charge in [0.2, 0.25) is 0 Å². The SMILES string of the molecule is Cc1cc(Br)cn(Cc2ccccc2C#N)c1=O. The first-order chi connectivity index (χ1) is 8.61. The van der Waals surface area contributed by atoms with Gasteiger partial charge in [0.05, 0.1) is 18.2 Å². The van der Waals surface area contributed by atoms with Crippen molar-refractivity contribution in [2.75, 3.05) is 0 Å². The Morgan fingerprint density at radius 3 is 2.83 bits per heavy atom. The smallest absolute Gasteiger partial charge is 0.253 e. The maximum atomic E-state index is 12.0. The van der Waals surface area contributed by atoms with Crippen LogP contribution in [0.5, 0.6) is 0 Å². The molecule has 0 N–H and O–H groups in total. The summed E-state index contributed by atoms with van der Waals surface area (Å²) in [6.45, 7) is 2.18. The topological polar surface area (TPSA) is 45.8 Å². The van der Waals surface area contributed by atoms with Crippen LogP contribution in [0.2, 0.25) is 0 Å². The van der Waals surface area contributed by atoms with Crippen LogP contribution >= 0.6 is 15.9 Å². The monoisotopic (exact) mass is 302 g/mol. The Bertz CT molecular complexity index is 683. The predicted octanol–water partition coefficient (Wildman–Crippen LogP) is 2.84. The van der Waals surface area contributed by atoms with Gasteiger partial charge in [-0.3, -0.25) is 4.79 Å². The molecule has 4 heteroatoms. The lowest BCUT2D eigenvalue weighted by Gasteiger charge is -2.09. The number of pyridine rings is 1. The largest absolute Gasteiger partial charge is 0.310 e. The van der Waals surface area contributed by atoms with Gasteiger partial charge in [-0.1, -0.05) is 18.2 Å². The average molecular weight is 303 g/mol. The van der Waals surface area contributed by atoms with E-state index in [1.807, 2.05) is 18.2 Å². The zero-order chi connectivity index (χ0) is 13.1. The molecule has 90 valence electrons. The van der Waals surface area contributed by atoms with Crippen LogP contribution in [0.25, 0.3) is 0 Å². The van der Waals surface area contributed by atoms with Gasteiger partial charge in [-0.2, -0.15) is 5.26 Å². The van der Waals surface area contributed by atoms with E-state index in [1.54, 1.807) is 29.8 Å². The number of nitrogens with zero attached hydrogens (tertiary/aromatic N) is 2. The van der Waals surface area contributed by atoms with Crippen LogP contribution in [0.1, 0.15) is 16.7 Å². The molecule has 1 aromatic carbocycles. The van der Waals surface area contributed by atoms with Gasteiger partial charge >= 0.3 is 0 Å². The summed E-state index contributed by atoms with van der Waals surface area (Å²) in [6, 6.07) is 11.2. The Balaban J connectivity index is 2.47. The number of halogens is 1. The van der Waals surface area contributed by atoms with Crippen LogP contribution in [0.3, 0.4) is 0 Å². The van der Waals surface area contributed by atoms with Gasteiger partial charge in [0, 0.05) is 16.2 Å². The molecular formula is C14H11BrN2O. The van der Waals surface area contributed by atoms with E-state index in [0.29, 0.717) is 17.7 Å². The van der Waals surface area contributed by atoms with Crippen molar-refractivity contribution in [1.82, 2.24) is 4.57 Å². The van der Waals surface area contributed by atoms with Gasteiger partial charge < -0.3 is 4.57 Å². The first kappa shape index (κ1) is 12.6. The van der Waals surface area contributed by atoms with Gasteiger partial charge in [-0.25, -0.2) is 0 Å². The molecule has 0 radical (unpaired) electrons. The number of rotatable bonds is 2. The Labute approximate surface area is 113 Å². The molecule has 0 saturated carbocycles. The molecule has 1 heterocycles. The molecule has 0 saturated heterocycles. The summed E-state index contributed by atoms with van der Waals surface area (Å²) in [4.78, 5) is 12.0. The normalized spacial score (nSPS) is 10.1. The molecule has 0 atom stereocenters. The van der Waals surface area contributed by atoms with Crippen LogP contribution in [0, 0.1) is 18.3 Å². The molecule has 0 spiro atoms. The highest BCUT2D eigenvalue weighted by Crippen LogP contribution is 2.12. The van der Waals surface area contributed by atoms with Crippen LogP contribution in [-0.4, -0.2) is 4.57 Å². The third kappa shape index (κ3) is 2.52. The van der Waals surface area contributed by atoms with E-state index >= 15 is 0 Å². The first-order valence-corrected chi connectivity index (χ1v) is 6.25. The minimum atomic E-state index is -0.0362. The maximum Gasteiger partial charge on any atom is 0.253 e. The van der Waals surface area contributed by atoms with Crippen molar-refractivity contribution in [2.24, 2.45) is 0 Å². The second-order valence-electron chi connectivity index (χ2n) is 4.04. The molecule has 0 aliphatic rings. The summed E-state index contributed by atoms with van der Waals surface area (Å²) in [5.74, 6) is 0. The molecule has 18 heavy (non-hydrogen) atoms. The highest BCUT2D eigenvalue weighted by Gasteiger charge is 2.05. The molecule has 3 nitrogen and oxygen atoms in total. The van der Waals surface area contributed by atoms with Crippen LogP contribution in [0.15, 0.2) is 45.8 Å². The number of hydrogen-bond donors (Lipinski definition) is 0. The molecule has 0 bridgehead atoms. The minimum absolute atomic E-state index is 0.0362. The van der Waals surface area contributed by atoms with Crippen molar-refractivity contribution < 1.29 is 0 Å². The Morgan fingerprint density at radius 2 is 2.11 bits per heavy atom. The minimum Gasteiger partial charge on any atom is -0.310 e. The zero-order valence-corrected chi connectivity index (χ0v) is 11.4. The van der Waals surface area contributed by atoms with Crippen LogP contribution < -0.4 is 5.56 Å². The highest BCUT2D eigenvalue weighted by atomic mass is 79.9. The molecule has 2 rings (SSSR count). The van der Waals surface area contributed by atoms with Crippen molar-refractivity contribution in [3.63, 3.8) is 0 Å². The summed E-state index contributed by atoms with van der Waals surface area (Å²) < 4.78 is 2.46. The van der Waals surface area contributed by atoms with E-state index in [-0.39, 0.29) is 5.56 Å². The van der Waals surface area contributed by atoms with Gasteiger partial charge in [0.15, 0.2) is 0 Å². The van der Waals surface area contributed by atoms with E-state index in [1.165, 1.54) is 0 Å². The Morgan fingerprint density at radius 1 is 1.39 bits per heavy atom. The molecule has 0 amide bonds. The lowest BCUT2D eigenvalue weighted by atomic mass is 10.1. The summed E-state index contributed by atoms with van der Waals surface area (Å²) in [5, 5.41) is 9.03. The molecule has 0 fully saturated rings. The summed E-state index contributed by atoms with van der Waals surface area (Å²) >= 11 is 3.37. The lowest BCUT2D eigenvalue weighted by molar-refractivity contribution is 0.747. The quantitative estimate of drug-likeness (QED) is 0.856. The Hall–Kier alpha value is -1.86. The van der Waals surface area contributed by atoms with Crippen molar-refractivity contribution in [3.8, 4) is 6.07 Å². The van der Waals surface area contributed by atoms with Crippen LogP contribution in [-0.2, 0) is 6.54 Å². The van der Waals surface area contributed by atoms with E-state index in [2.05, 4.69) is 22.0 Å². The van der Waals surface area contributed by atoms with E-state index in [4.69, 9.17) is 5.26 Å². The van der Waals surface area contributed by atoms with Crippen molar-refractivity contribution in [3.05, 3.63) is 68.0 Å². The van der Waals surface area contributed by atoms with E-state index < -0.39 is 0 Å². The van der Waals surface area contributed by atoms with Crippen molar-refractivity contribution in [1.29, 1.82) is 5.26 Å². The highest BCUT2D eigenvalue weighted by molar-refractivity contribution is 9.10. The predicted molar refractivity (Wildman–Crippen MR) is 73.4 cm³/mol. The summed E-state index contributed by atoms with van der Waals surface area (Å²) in [5.41, 5.74) is 2.09. The number of hydrogen-bond acceptors (Lipinski definition) is 2. The summed E-state index contributed by atoms with van der Waals surface area (Å²) in [6.07, 6.45) is 1.74. The van der Waals surface area contributed by atoms with Gasteiger partial charge in [-0.05, 0) is 40.5 Å². The molecule has 1 aromatic heterocycles. The summed E-state index contributed by atoms with van der Waals surface area (Å²) in [7, 11) is 0. The fraction of sp³-hybridized carbons (Fsp3) is 0.143. The molecule has 2 aromatic rings. The van der Waals surface area contributed by atoms with Gasteiger partial charge in [-0.15, -0.1) is 0 Å². The molecule has 0 aliphatic carbocycles. The Kier molecular flexibility index (Phi) is 3.63. The van der Waals surface area contributed by atoms with Crippen molar-refractivity contribution in [2.45, 2.75) is 13.5 Å². The number of aryl methyl sites for hydroxylation is 1. The van der Waals surface area contributed by atoms with E-state index in [9.17, 15) is 4.79 Å². The second-order valence-corrected chi connectivity index (χ2v) is 4.96. The third-order valence-electron chi connectivity index (χ3n) is 2.71. The number of benzene rings is 1. The third-order valence-corrected chi connectivity index (χ3v) is 3.14. The lowest BCUT2D eigenvalue weighted by Crippen LogP contribution is -2.22. The van der Waals surface area contributed by atoms with Gasteiger partial charge in [0.1, 0.15) is 0 Å². The van der Waals surface area contributed by atoms with Gasteiger partial charge in [0.25, 0.3) is 5.56 Å². The standard InChI is InChI=1S/C14H11BrN2O/c1-10-6-13(15)9-17(14(10)18)8-12-5-3-2-4-11(12)7-16/h2-6,9H,8H2,1H3. The fourth-order valence-corrected chi connectivity index (χ4v) is 2.40. The average Bonchev–Trinajstić information content (AvgIpc) is 2.36. The zero-order valence-electron chi connectivity index (χ0n) is 9.85. The molecular weight excluding hydrogens is 292 g/mol. The number of aromatic nitrogens is 1. The first-order valence-electron chi connectivity index (χ1n) is 5.46.